The fraction of sp³-hybridized carbons (Fsp3) is 0.826. The van der Waals surface area contributed by atoms with Gasteiger partial charge in [-0.15, -0.1) is 0 Å². The molecule has 3 amide bonds. The van der Waals surface area contributed by atoms with E-state index in [0.29, 0.717) is 96.3 Å². The Hall–Kier alpha value is -7.52. The highest BCUT2D eigenvalue weighted by atomic mass is 31.2. The number of hydrogen-bond acceptors (Lipinski definition) is 45. The summed E-state index contributed by atoms with van der Waals surface area (Å²) in [4.78, 5) is 150. The van der Waals surface area contributed by atoms with Gasteiger partial charge in [-0.05, 0) is 85.5 Å². The van der Waals surface area contributed by atoms with Crippen molar-refractivity contribution in [3.63, 3.8) is 0 Å². The van der Waals surface area contributed by atoms with Crippen LogP contribution in [0.2, 0.25) is 0 Å². The van der Waals surface area contributed by atoms with Crippen LogP contribution in [0.5, 0.6) is 0 Å². The highest BCUT2D eigenvalue weighted by molar-refractivity contribution is 7.44. The van der Waals surface area contributed by atoms with E-state index in [1.54, 1.807) is 0 Å². The third-order valence-electron chi connectivity index (χ3n) is 20.2. The molecule has 0 bridgehead atoms. The predicted molar refractivity (Wildman–Crippen MR) is 511 cm³/mol. The molecule has 3 rings (SSSR count). The van der Waals surface area contributed by atoms with Crippen molar-refractivity contribution in [3.05, 3.63) is 11.4 Å². The molecule has 3 aliphatic heterocycles. The molecule has 3 saturated heterocycles. The van der Waals surface area contributed by atoms with E-state index in [4.69, 9.17) is 142 Å². The lowest BCUT2D eigenvalue weighted by atomic mass is 9.92. The number of carbonyl (C=O) groups is 12. The minimum Gasteiger partial charge on any atom is -0.463 e. The van der Waals surface area contributed by atoms with Crippen molar-refractivity contribution >= 4 is 106 Å². The first-order valence-electron chi connectivity index (χ1n) is 48.5. The minimum atomic E-state index is -1.95. The summed E-state index contributed by atoms with van der Waals surface area (Å²) in [5.74, 6) is -7.97. The molecule has 3 N–H and O–H groups in total. The van der Waals surface area contributed by atoms with E-state index in [1.807, 2.05) is 27.7 Å². The van der Waals surface area contributed by atoms with E-state index in [-0.39, 0.29) is 190 Å². The zero-order chi connectivity index (χ0) is 107. The first kappa shape index (κ1) is 132. The van der Waals surface area contributed by atoms with E-state index in [0.717, 1.165) is 41.5 Å². The van der Waals surface area contributed by atoms with E-state index < -0.39 is 203 Å². The van der Waals surface area contributed by atoms with Crippen molar-refractivity contribution in [2.75, 3.05) is 159 Å². The van der Waals surface area contributed by atoms with Gasteiger partial charge in [0.1, 0.15) is 62.9 Å². The van der Waals surface area contributed by atoms with Crippen LogP contribution in [-0.4, -0.2) is 339 Å². The summed E-state index contributed by atoms with van der Waals surface area (Å²) in [7, 11) is -7.69. The highest BCUT2D eigenvalue weighted by Gasteiger charge is 2.55. The second kappa shape index (κ2) is 78.6. The molecule has 3 aliphatic rings. The van der Waals surface area contributed by atoms with Crippen LogP contribution in [0.15, 0.2) is 0 Å². The molecular weight excluding hydrogens is 2000 g/mol. The molecule has 53 heteroatoms. The van der Waals surface area contributed by atoms with Gasteiger partial charge in [0.2, 0.25) is 24.3 Å². The smallest absolute Gasteiger partial charge is 0.332 e. The standard InChI is InChI=1S/C92H152N8O41P4/c1-63(2)100(64(3)4)142(122-49-30-36-93)132-62-92(59-113-40-33-52-128-143(126-50-31-37-94)123-46-27-21-18-24-43-116-89-80(97-65(5)101)86(136-74(14)110)83(133-71(11)107)77(139-89)56-119-68(8)104,60-114-41-34-53-129-144(127-51-32-38-95)124-47-28-22-19-25-44-117-90-81(98-66(6)102)87(137-75(15)111)84(134-72(12)108)78(140-90)57-120-69(9)105)61-115-42-35-54-130-145(131-55-39-96-17)125-48-29-23-20-26-45-118-91-82(99-67(7)103)88(138-76(16)112)85(135-73(13)109)79(141-91)58-121-70(10)106/h63-64,77-91H,18-35,39-62H2,1-16H3,(H,97,101)(H,98,102)(H,99,103)/t77?,78?,79?,80?,81?,82?,83-,84-,85-,86+,87+,88+,89+,90+,91+,92?,142?,143?,144?,145?/m0/s1. The van der Waals surface area contributed by atoms with Crippen molar-refractivity contribution in [1.29, 1.82) is 15.8 Å². The number of nitrogens with zero attached hydrogens (tertiary/aromatic N) is 5. The lowest BCUT2D eigenvalue weighted by Crippen LogP contribution is -2.66. The Balaban J connectivity index is 1.85. The van der Waals surface area contributed by atoms with E-state index >= 15 is 0 Å². The van der Waals surface area contributed by atoms with Crippen molar-refractivity contribution in [2.45, 2.75) is 330 Å². The third kappa shape index (κ3) is 59.0. The molecule has 49 nitrogen and oxygen atoms in total. The van der Waals surface area contributed by atoms with Crippen molar-refractivity contribution < 1.29 is 193 Å². The number of carbonyl (C=O) groups excluding carboxylic acids is 12. The highest BCUT2D eigenvalue weighted by Crippen LogP contribution is 2.48. The summed E-state index contributed by atoms with van der Waals surface area (Å²) in [5.41, 5.74) is -1.09. The Labute approximate surface area is 854 Å². The molecule has 0 aliphatic carbocycles. The zero-order valence-corrected chi connectivity index (χ0v) is 89.9. The van der Waals surface area contributed by atoms with E-state index in [2.05, 4.69) is 43.7 Å². The van der Waals surface area contributed by atoms with Crippen LogP contribution in [0.25, 0.3) is 4.85 Å². The number of amides is 3. The number of nitriles is 3. The van der Waals surface area contributed by atoms with Gasteiger partial charge in [-0.1, -0.05) is 38.5 Å². The number of hydrogen-bond donors (Lipinski definition) is 3. The fourth-order valence-electron chi connectivity index (χ4n) is 14.3. The maximum absolute atomic E-state index is 12.5. The van der Waals surface area contributed by atoms with Crippen molar-refractivity contribution in [3.8, 4) is 18.2 Å². The Morgan fingerprint density at radius 2 is 0.579 bits per heavy atom. The average Bonchev–Trinajstić information content (AvgIpc) is 0.792. The van der Waals surface area contributed by atoms with Gasteiger partial charge < -0.3 is 156 Å². The van der Waals surface area contributed by atoms with Gasteiger partial charge in [0.15, 0.2) is 55.5 Å². The normalized spacial score (nSPS) is 22.0. The molecule has 3 heterocycles. The molecular formula is C92H152N8O41P4. The number of nitrogens with one attached hydrogen (secondary N) is 3. The van der Waals surface area contributed by atoms with Crippen molar-refractivity contribution in [1.82, 2.24) is 20.6 Å². The molecule has 0 aromatic rings. The summed E-state index contributed by atoms with van der Waals surface area (Å²) in [6, 6.07) is 2.73. The summed E-state index contributed by atoms with van der Waals surface area (Å²) >= 11 is 0. The topological polar surface area (TPSA) is 588 Å². The second-order valence-electron chi connectivity index (χ2n) is 33.9. The molecule has 3 fully saturated rings. The number of rotatable bonds is 81. The fourth-order valence-corrected chi connectivity index (χ4v) is 19.1. The summed E-state index contributed by atoms with van der Waals surface area (Å²) in [6.07, 6.45) is -6.63. The van der Waals surface area contributed by atoms with Gasteiger partial charge >= 0.3 is 79.5 Å². The van der Waals surface area contributed by atoms with Gasteiger partial charge in [-0.25, -0.2) is 11.2 Å². The zero-order valence-electron chi connectivity index (χ0n) is 86.3. The maximum Gasteiger partial charge on any atom is 0.332 e. The van der Waals surface area contributed by atoms with Crippen molar-refractivity contribution in [2.24, 2.45) is 5.41 Å². The monoisotopic (exact) mass is 2150 g/mol. The lowest BCUT2D eigenvalue weighted by Gasteiger charge is -2.44. The summed E-state index contributed by atoms with van der Waals surface area (Å²) in [5, 5.41) is 36.6. The second-order valence-corrected chi connectivity index (χ2v) is 39.0. The lowest BCUT2D eigenvalue weighted by molar-refractivity contribution is -0.277. The number of ether oxygens (including phenoxy) is 18. The Morgan fingerprint density at radius 1 is 0.324 bits per heavy atom. The van der Waals surface area contributed by atoms with Crippen LogP contribution in [0.3, 0.4) is 0 Å². The van der Waals surface area contributed by atoms with Crippen LogP contribution < -0.4 is 16.0 Å². The van der Waals surface area contributed by atoms with Crippen LogP contribution >= 0.6 is 34.3 Å². The van der Waals surface area contributed by atoms with Crippen LogP contribution in [-0.2, 0) is 193 Å². The minimum absolute atomic E-state index is 0.0122. The van der Waals surface area contributed by atoms with Crippen LogP contribution in [0.1, 0.15) is 226 Å². The molecule has 0 aromatic carbocycles. The first-order chi connectivity index (χ1) is 69.4. The third-order valence-corrected chi connectivity index (χ3v) is 25.8. The van der Waals surface area contributed by atoms with Gasteiger partial charge in [0.25, 0.3) is 8.53 Å². The Bertz CT molecular complexity index is 3580. The molecule has 19 atom stereocenters. The quantitative estimate of drug-likeness (QED) is 0.0167. The van der Waals surface area contributed by atoms with Gasteiger partial charge in [0.05, 0.1) is 129 Å². The molecule has 826 valence electrons. The van der Waals surface area contributed by atoms with Crippen LogP contribution in [0, 0.1) is 46.0 Å². The first-order valence-corrected chi connectivity index (χ1v) is 52.9. The Morgan fingerprint density at radius 3 is 0.834 bits per heavy atom. The molecule has 0 aromatic heterocycles. The van der Waals surface area contributed by atoms with Gasteiger partial charge in [0, 0.05) is 135 Å². The largest absolute Gasteiger partial charge is 0.463 e. The van der Waals surface area contributed by atoms with E-state index in [1.165, 1.54) is 41.5 Å². The maximum atomic E-state index is 12.5. The molecule has 10 unspecified atom stereocenters. The molecule has 0 spiro atoms. The molecule has 0 saturated carbocycles. The molecule has 145 heavy (non-hydrogen) atoms. The average molecular weight is 2150 g/mol. The van der Waals surface area contributed by atoms with Gasteiger partial charge in [-0.3, -0.25) is 57.5 Å². The summed E-state index contributed by atoms with van der Waals surface area (Å²) < 4.78 is 175. The Kier molecular flexibility index (Phi) is 71.4. The van der Waals surface area contributed by atoms with Crippen LogP contribution in [0.4, 0.5) is 0 Å². The van der Waals surface area contributed by atoms with E-state index in [9.17, 15) is 73.3 Å². The van der Waals surface area contributed by atoms with Gasteiger partial charge in [-0.2, -0.15) is 15.8 Å². The number of unbranched alkanes of at least 4 members (excludes halogenated alkanes) is 9. The number of esters is 9. The summed E-state index contributed by atoms with van der Waals surface area (Å²) in [6.45, 7) is 30.2. The molecule has 0 radical (unpaired) electrons. The predicted octanol–water partition coefficient (Wildman–Crippen LogP) is 9.76. The SMILES string of the molecule is [C-]#[N+]CCOP(OCCCCCCO[C@@H]1OC(COC(C)=O)[C@H](OC(C)=O)[C@H](OC(C)=O)C1NC(C)=O)OCCCOCC(COCCCOP(OCCC#N)OCCCCCCO[C@@H]1OC(COC(C)=O)[C@H](OC(C)=O)[C@H](OC(C)=O)C1NC(C)=O)(COCCCOP(OCCC#N)OCCCCCCO[C@@H]1OC(COC(C)=O)[C@H](OC(C)=O)[C@H](OC(C)=O)C1NC(C)=O)COP(OCCC#N)N(C(C)C)C(C)C.